The van der Waals surface area contributed by atoms with Gasteiger partial charge in [-0.05, 0) is 50.7 Å². The molecule has 0 radical (unpaired) electrons. The lowest BCUT2D eigenvalue weighted by atomic mass is 9.85. The molecule has 2 fully saturated rings. The highest BCUT2D eigenvalue weighted by atomic mass is 35.5. The molecule has 0 spiro atoms. The van der Waals surface area contributed by atoms with Gasteiger partial charge in [0.25, 0.3) is 0 Å². The first-order valence-corrected chi connectivity index (χ1v) is 9.55. The first-order chi connectivity index (χ1) is 12.5. The number of halogens is 2. The maximum absolute atomic E-state index is 13.8. The molecule has 0 bridgehead atoms. The average Bonchev–Trinajstić information content (AvgIpc) is 3.16. The second kappa shape index (κ2) is 8.82. The SMILES string of the molecule is O=C(NCc1c(F)cccc1Cl)C1CCC(NC(=O)C2CCCO2)CC1. The van der Waals surface area contributed by atoms with E-state index >= 15 is 0 Å². The summed E-state index contributed by atoms with van der Waals surface area (Å²) in [6.07, 6.45) is 4.31. The van der Waals surface area contributed by atoms with Gasteiger partial charge in [-0.2, -0.15) is 0 Å². The lowest BCUT2D eigenvalue weighted by Crippen LogP contribution is -2.44. The molecule has 26 heavy (non-hydrogen) atoms. The highest BCUT2D eigenvalue weighted by Gasteiger charge is 2.30. The molecule has 1 atom stereocenters. The molecule has 1 heterocycles. The summed E-state index contributed by atoms with van der Waals surface area (Å²) < 4.78 is 19.1. The van der Waals surface area contributed by atoms with Crippen LogP contribution in [-0.4, -0.2) is 30.6 Å². The fourth-order valence-corrected chi connectivity index (χ4v) is 3.83. The minimum absolute atomic E-state index is 0.0374. The van der Waals surface area contributed by atoms with E-state index in [1.807, 2.05) is 0 Å². The molecule has 1 aliphatic heterocycles. The van der Waals surface area contributed by atoms with Crippen LogP contribution in [0, 0.1) is 11.7 Å². The van der Waals surface area contributed by atoms with E-state index in [1.165, 1.54) is 12.1 Å². The van der Waals surface area contributed by atoms with Crippen molar-refractivity contribution in [3.05, 3.63) is 34.6 Å². The Morgan fingerprint density at radius 2 is 1.92 bits per heavy atom. The van der Waals surface area contributed by atoms with Crippen molar-refractivity contribution in [2.45, 2.75) is 57.2 Å². The van der Waals surface area contributed by atoms with E-state index in [2.05, 4.69) is 10.6 Å². The number of rotatable bonds is 5. The summed E-state index contributed by atoms with van der Waals surface area (Å²) in [5, 5.41) is 6.12. The van der Waals surface area contributed by atoms with Crippen molar-refractivity contribution in [2.24, 2.45) is 5.92 Å². The number of benzene rings is 1. The van der Waals surface area contributed by atoms with Gasteiger partial charge in [-0.15, -0.1) is 0 Å². The number of hydrogen-bond donors (Lipinski definition) is 2. The van der Waals surface area contributed by atoms with Gasteiger partial charge in [0.15, 0.2) is 0 Å². The molecule has 1 saturated heterocycles. The Morgan fingerprint density at radius 1 is 1.15 bits per heavy atom. The predicted octanol–water partition coefficient (Wildman–Crippen LogP) is 2.95. The van der Waals surface area contributed by atoms with Crippen LogP contribution < -0.4 is 10.6 Å². The summed E-state index contributed by atoms with van der Waals surface area (Å²) in [6, 6.07) is 4.57. The first kappa shape index (κ1) is 19.1. The molecule has 1 saturated carbocycles. The summed E-state index contributed by atoms with van der Waals surface area (Å²) >= 11 is 5.98. The van der Waals surface area contributed by atoms with Crippen LogP contribution in [0.5, 0.6) is 0 Å². The second-order valence-electron chi connectivity index (χ2n) is 6.98. The van der Waals surface area contributed by atoms with E-state index in [0.717, 1.165) is 25.7 Å². The van der Waals surface area contributed by atoms with E-state index in [4.69, 9.17) is 16.3 Å². The zero-order chi connectivity index (χ0) is 18.5. The highest BCUT2D eigenvalue weighted by molar-refractivity contribution is 6.31. The molecule has 3 rings (SSSR count). The number of carbonyl (C=O) groups is 2. The third-order valence-corrected chi connectivity index (χ3v) is 5.52. The van der Waals surface area contributed by atoms with Crippen LogP contribution in [0.3, 0.4) is 0 Å². The molecular formula is C19H24ClFN2O3. The zero-order valence-electron chi connectivity index (χ0n) is 14.6. The Balaban J connectivity index is 1.42. The van der Waals surface area contributed by atoms with Crippen molar-refractivity contribution in [3.8, 4) is 0 Å². The maximum Gasteiger partial charge on any atom is 0.249 e. The highest BCUT2D eigenvalue weighted by Crippen LogP contribution is 2.26. The van der Waals surface area contributed by atoms with E-state index in [9.17, 15) is 14.0 Å². The van der Waals surface area contributed by atoms with Crippen LogP contribution >= 0.6 is 11.6 Å². The lowest BCUT2D eigenvalue weighted by molar-refractivity contribution is -0.131. The number of carbonyl (C=O) groups excluding carboxylic acids is 2. The molecule has 2 aliphatic rings. The molecule has 142 valence electrons. The summed E-state index contributed by atoms with van der Waals surface area (Å²) in [4.78, 5) is 24.4. The molecule has 2 N–H and O–H groups in total. The largest absolute Gasteiger partial charge is 0.368 e. The minimum Gasteiger partial charge on any atom is -0.368 e. The number of hydrogen-bond acceptors (Lipinski definition) is 3. The Labute approximate surface area is 157 Å². The molecule has 1 unspecified atom stereocenters. The minimum atomic E-state index is -0.418. The molecule has 1 aliphatic carbocycles. The van der Waals surface area contributed by atoms with Gasteiger partial charge in [-0.25, -0.2) is 4.39 Å². The quantitative estimate of drug-likeness (QED) is 0.822. The van der Waals surface area contributed by atoms with Crippen LogP contribution in [0.4, 0.5) is 4.39 Å². The van der Waals surface area contributed by atoms with Gasteiger partial charge in [0.1, 0.15) is 11.9 Å². The lowest BCUT2D eigenvalue weighted by Gasteiger charge is -2.29. The fourth-order valence-electron chi connectivity index (χ4n) is 3.60. The van der Waals surface area contributed by atoms with Gasteiger partial charge in [0, 0.05) is 35.7 Å². The summed E-state index contributed by atoms with van der Waals surface area (Å²) in [5.41, 5.74) is 0.306. The van der Waals surface area contributed by atoms with Crippen molar-refractivity contribution in [1.82, 2.24) is 10.6 Å². The topological polar surface area (TPSA) is 67.4 Å². The van der Waals surface area contributed by atoms with Gasteiger partial charge in [-0.3, -0.25) is 9.59 Å². The molecule has 5 nitrogen and oxygen atoms in total. The molecule has 7 heteroatoms. The van der Waals surface area contributed by atoms with Crippen molar-refractivity contribution < 1.29 is 18.7 Å². The summed E-state index contributed by atoms with van der Waals surface area (Å²) in [6.45, 7) is 0.733. The fraction of sp³-hybridized carbons (Fsp3) is 0.579. The van der Waals surface area contributed by atoms with Gasteiger partial charge >= 0.3 is 0 Å². The smallest absolute Gasteiger partial charge is 0.249 e. The Morgan fingerprint density at radius 3 is 2.58 bits per heavy atom. The maximum atomic E-state index is 13.8. The number of nitrogens with one attached hydrogen (secondary N) is 2. The summed E-state index contributed by atoms with van der Waals surface area (Å²) in [5.74, 6) is -0.660. The molecule has 1 aromatic rings. The third-order valence-electron chi connectivity index (χ3n) is 5.17. The van der Waals surface area contributed by atoms with Crippen LogP contribution in [0.1, 0.15) is 44.1 Å². The van der Waals surface area contributed by atoms with Gasteiger partial charge in [-0.1, -0.05) is 17.7 Å². The van der Waals surface area contributed by atoms with E-state index < -0.39 is 5.82 Å². The zero-order valence-corrected chi connectivity index (χ0v) is 15.4. The van der Waals surface area contributed by atoms with E-state index in [1.54, 1.807) is 6.07 Å². The molecular weight excluding hydrogens is 359 g/mol. The monoisotopic (exact) mass is 382 g/mol. The van der Waals surface area contributed by atoms with Gasteiger partial charge in [0.05, 0.1) is 0 Å². The third kappa shape index (κ3) is 4.74. The first-order valence-electron chi connectivity index (χ1n) is 9.17. The standard InChI is InChI=1S/C19H24ClFN2O3/c20-15-3-1-4-16(21)14(15)11-22-18(24)12-6-8-13(9-7-12)23-19(25)17-5-2-10-26-17/h1,3-4,12-13,17H,2,5-11H2,(H,22,24)(H,23,25). The molecule has 1 aromatic carbocycles. The van der Waals surface area contributed by atoms with Crippen LogP contribution in [0.25, 0.3) is 0 Å². The summed E-state index contributed by atoms with van der Waals surface area (Å²) in [7, 11) is 0. The van der Waals surface area contributed by atoms with E-state index in [-0.39, 0.29) is 36.4 Å². The van der Waals surface area contributed by atoms with Crippen molar-refractivity contribution in [2.75, 3.05) is 6.61 Å². The van der Waals surface area contributed by atoms with Gasteiger partial charge in [0.2, 0.25) is 11.8 Å². The second-order valence-corrected chi connectivity index (χ2v) is 7.38. The van der Waals surface area contributed by atoms with Gasteiger partial charge < -0.3 is 15.4 Å². The average molecular weight is 383 g/mol. The van der Waals surface area contributed by atoms with Crippen LogP contribution in [0.15, 0.2) is 18.2 Å². The number of ether oxygens (including phenoxy) is 1. The molecule has 2 amide bonds. The Hall–Kier alpha value is -1.66. The van der Waals surface area contributed by atoms with Crippen molar-refractivity contribution >= 4 is 23.4 Å². The number of amides is 2. The van der Waals surface area contributed by atoms with Crippen molar-refractivity contribution in [1.29, 1.82) is 0 Å². The Bertz CT molecular complexity index is 636. The van der Waals surface area contributed by atoms with E-state index in [0.29, 0.717) is 30.0 Å². The van der Waals surface area contributed by atoms with Crippen LogP contribution in [-0.2, 0) is 20.9 Å². The van der Waals surface area contributed by atoms with Crippen LogP contribution in [0.2, 0.25) is 5.02 Å². The molecule has 0 aromatic heterocycles. The normalized spacial score (nSPS) is 25.7. The predicted molar refractivity (Wildman–Crippen MR) is 96.1 cm³/mol. The van der Waals surface area contributed by atoms with Crippen molar-refractivity contribution in [3.63, 3.8) is 0 Å². The Kier molecular flexibility index (Phi) is 6.48.